The van der Waals surface area contributed by atoms with Gasteiger partial charge in [-0.1, -0.05) is 61.5 Å². The Labute approximate surface area is 229 Å². The van der Waals surface area contributed by atoms with Gasteiger partial charge in [0.15, 0.2) is 0 Å². The van der Waals surface area contributed by atoms with Crippen LogP contribution in [-0.4, -0.2) is 34.0 Å². The summed E-state index contributed by atoms with van der Waals surface area (Å²) >= 11 is 0. The highest BCUT2D eigenvalue weighted by Crippen LogP contribution is 2.48. The van der Waals surface area contributed by atoms with Gasteiger partial charge in [0.25, 0.3) is 5.91 Å². The van der Waals surface area contributed by atoms with Gasteiger partial charge in [0, 0.05) is 24.3 Å². The zero-order valence-corrected chi connectivity index (χ0v) is 21.9. The monoisotopic (exact) mass is 550 g/mol. The Kier molecular flexibility index (Phi) is 7.16. The first-order valence-corrected chi connectivity index (χ1v) is 13.1. The van der Waals surface area contributed by atoms with Gasteiger partial charge >= 0.3 is 12.1 Å². The predicted octanol–water partition coefficient (Wildman–Crippen LogP) is 6.17. The van der Waals surface area contributed by atoms with E-state index in [4.69, 9.17) is 0 Å². The van der Waals surface area contributed by atoms with Gasteiger partial charge < -0.3 is 15.3 Å². The molecule has 5 rings (SSSR count). The van der Waals surface area contributed by atoms with Crippen LogP contribution in [0.5, 0.6) is 0 Å². The Morgan fingerprint density at radius 1 is 1.00 bits per heavy atom. The van der Waals surface area contributed by atoms with Crippen LogP contribution in [0.15, 0.2) is 72.8 Å². The smallest absolute Gasteiger partial charge is 0.392 e. The summed E-state index contributed by atoms with van der Waals surface area (Å²) in [5.74, 6) is -5.25. The maximum atomic E-state index is 13.9. The van der Waals surface area contributed by atoms with Crippen LogP contribution in [0, 0.1) is 11.3 Å². The molecule has 0 unspecified atom stereocenters. The average Bonchev–Trinajstić information content (AvgIpc) is 3.63. The summed E-state index contributed by atoms with van der Waals surface area (Å²) in [6, 6.07) is 20.2. The van der Waals surface area contributed by atoms with Gasteiger partial charge in [-0.25, -0.2) is 0 Å². The molecule has 40 heavy (non-hydrogen) atoms. The van der Waals surface area contributed by atoms with E-state index in [-0.39, 0.29) is 11.5 Å². The molecule has 0 aromatic heterocycles. The maximum absolute atomic E-state index is 13.9. The predicted molar refractivity (Wildman–Crippen MR) is 142 cm³/mol. The third-order valence-corrected chi connectivity index (χ3v) is 7.95. The summed E-state index contributed by atoms with van der Waals surface area (Å²) in [7, 11) is 0. The molecule has 2 amide bonds. The number of benzene rings is 3. The lowest BCUT2D eigenvalue weighted by Crippen LogP contribution is -2.34. The number of rotatable bonds is 9. The Balaban J connectivity index is 1.32. The lowest BCUT2D eigenvalue weighted by molar-refractivity contribution is -0.178. The molecule has 0 radical (unpaired) electrons. The molecule has 1 aliphatic carbocycles. The van der Waals surface area contributed by atoms with Gasteiger partial charge in [-0.05, 0) is 59.7 Å². The van der Waals surface area contributed by atoms with Crippen LogP contribution >= 0.6 is 0 Å². The lowest BCUT2D eigenvalue weighted by atomic mass is 9.85. The topological polar surface area (TPSA) is 86.7 Å². The van der Waals surface area contributed by atoms with Crippen LogP contribution in [0.4, 0.5) is 18.9 Å². The van der Waals surface area contributed by atoms with Crippen molar-refractivity contribution in [3.8, 4) is 0 Å². The molecule has 0 bridgehead atoms. The van der Waals surface area contributed by atoms with Crippen molar-refractivity contribution in [1.82, 2.24) is 4.90 Å². The second-order valence-corrected chi connectivity index (χ2v) is 10.8. The van der Waals surface area contributed by atoms with Crippen molar-refractivity contribution < 1.29 is 32.7 Å². The number of alkyl halides is 3. The first-order chi connectivity index (χ1) is 19.0. The van der Waals surface area contributed by atoms with Crippen molar-refractivity contribution in [2.75, 3.05) is 5.32 Å². The fraction of sp³-hybridized carbons (Fsp3) is 0.323. The molecule has 6 nitrogen and oxygen atoms in total. The van der Waals surface area contributed by atoms with Crippen LogP contribution in [0.2, 0.25) is 0 Å². The largest absolute Gasteiger partial charge is 0.481 e. The first kappa shape index (κ1) is 27.4. The molecule has 2 aliphatic rings. The van der Waals surface area contributed by atoms with Crippen molar-refractivity contribution >= 4 is 23.5 Å². The fourth-order valence-electron chi connectivity index (χ4n) is 5.34. The average molecular weight is 551 g/mol. The second-order valence-electron chi connectivity index (χ2n) is 10.8. The van der Waals surface area contributed by atoms with E-state index in [0.717, 1.165) is 18.1 Å². The Morgan fingerprint density at radius 2 is 1.70 bits per heavy atom. The summed E-state index contributed by atoms with van der Waals surface area (Å²) in [5, 5.41) is 12.1. The number of nitrogens with zero attached hydrogens (tertiary/aromatic N) is 1. The number of carboxylic acid groups (broad SMARTS) is 1. The Morgan fingerprint density at radius 3 is 2.33 bits per heavy atom. The summed E-state index contributed by atoms with van der Waals surface area (Å²) in [6.45, 7) is 1.74. The van der Waals surface area contributed by atoms with E-state index in [9.17, 15) is 32.7 Å². The first-order valence-electron chi connectivity index (χ1n) is 13.1. The van der Waals surface area contributed by atoms with Crippen molar-refractivity contribution in [3.63, 3.8) is 0 Å². The summed E-state index contributed by atoms with van der Waals surface area (Å²) in [6.07, 6.45) is -3.19. The number of fused-ring (bicyclic) bond motifs is 1. The van der Waals surface area contributed by atoms with Crippen LogP contribution in [0.25, 0.3) is 0 Å². The molecule has 1 saturated carbocycles. The fourth-order valence-corrected chi connectivity index (χ4v) is 5.34. The molecular formula is C31H29F3N2O4. The van der Waals surface area contributed by atoms with E-state index in [2.05, 4.69) is 5.32 Å². The summed E-state index contributed by atoms with van der Waals surface area (Å²) in [4.78, 5) is 39.2. The molecule has 3 aromatic carbocycles. The van der Waals surface area contributed by atoms with Gasteiger partial charge in [0.05, 0.1) is 17.3 Å². The number of aliphatic carboxylic acids is 1. The number of amides is 2. The van der Waals surface area contributed by atoms with Crippen LogP contribution in [0.3, 0.4) is 0 Å². The van der Waals surface area contributed by atoms with Crippen LogP contribution in [-0.2, 0) is 29.1 Å². The van der Waals surface area contributed by atoms with E-state index in [1.807, 2.05) is 12.1 Å². The normalized spacial score (nSPS) is 17.2. The van der Waals surface area contributed by atoms with E-state index in [1.165, 1.54) is 12.1 Å². The Hall–Kier alpha value is -4.14. The number of carboxylic acids is 1. The van der Waals surface area contributed by atoms with Crippen molar-refractivity contribution in [3.05, 3.63) is 101 Å². The molecule has 0 spiro atoms. The molecule has 0 saturated heterocycles. The van der Waals surface area contributed by atoms with Gasteiger partial charge in [0.1, 0.15) is 0 Å². The van der Waals surface area contributed by atoms with Crippen LogP contribution < -0.4 is 5.32 Å². The highest BCUT2D eigenvalue weighted by Gasteiger charge is 2.50. The van der Waals surface area contributed by atoms with Gasteiger partial charge in [-0.2, -0.15) is 13.2 Å². The third-order valence-electron chi connectivity index (χ3n) is 7.95. The minimum Gasteiger partial charge on any atom is -0.481 e. The van der Waals surface area contributed by atoms with Crippen LogP contribution in [0.1, 0.15) is 58.3 Å². The van der Waals surface area contributed by atoms with Crippen molar-refractivity contribution in [2.24, 2.45) is 11.3 Å². The summed E-state index contributed by atoms with van der Waals surface area (Å²) in [5.41, 5.74) is 2.73. The molecule has 2 atom stereocenters. The third kappa shape index (κ3) is 5.59. The molecule has 1 aliphatic heterocycles. The molecule has 208 valence electrons. The molecular weight excluding hydrogens is 521 g/mol. The maximum Gasteiger partial charge on any atom is 0.392 e. The number of carbonyl (C=O) groups excluding carboxylic acids is 2. The minimum absolute atomic E-state index is 0.0965. The molecule has 2 N–H and O–H groups in total. The second kappa shape index (κ2) is 10.4. The van der Waals surface area contributed by atoms with E-state index in [1.54, 1.807) is 53.4 Å². The number of carbonyl (C=O) groups is 3. The van der Waals surface area contributed by atoms with Gasteiger partial charge in [0.2, 0.25) is 5.91 Å². The quantitative estimate of drug-likeness (QED) is 0.334. The SMILES string of the molecule is C[C@H]([C@H](C(=O)Nc1cccc(CC2(C(=O)O)CC2)c1)c1ccc(CN2Cc3ccccc3C2=O)cc1)C(F)(F)F. The highest BCUT2D eigenvalue weighted by molar-refractivity contribution is 5.98. The highest BCUT2D eigenvalue weighted by atomic mass is 19.4. The van der Waals surface area contributed by atoms with E-state index >= 15 is 0 Å². The molecule has 1 heterocycles. The van der Waals surface area contributed by atoms with Gasteiger partial charge in [-0.15, -0.1) is 0 Å². The molecule has 9 heteroatoms. The molecule has 1 fully saturated rings. The van der Waals surface area contributed by atoms with Crippen molar-refractivity contribution in [2.45, 2.75) is 51.4 Å². The van der Waals surface area contributed by atoms with E-state index < -0.39 is 35.3 Å². The van der Waals surface area contributed by atoms with Gasteiger partial charge in [-0.3, -0.25) is 14.4 Å². The number of hydrogen-bond donors (Lipinski definition) is 2. The zero-order valence-electron chi connectivity index (χ0n) is 21.9. The standard InChI is InChI=1S/C31H29F3N2O4/c1-19(31(32,33)34)26(27(37)35-24-7-4-5-21(15-24)16-30(13-14-30)29(39)40)22-11-9-20(10-12-22)17-36-18-23-6-2-3-8-25(23)28(36)38/h2-12,15,19,26H,13-14,16-18H2,1H3,(H,35,37)(H,39,40)/t19-,26+/m1/s1. The zero-order chi connectivity index (χ0) is 28.7. The number of hydrogen-bond acceptors (Lipinski definition) is 3. The Bertz CT molecular complexity index is 1450. The molecule has 3 aromatic rings. The lowest BCUT2D eigenvalue weighted by Gasteiger charge is -2.26. The van der Waals surface area contributed by atoms with Crippen molar-refractivity contribution in [1.29, 1.82) is 0 Å². The summed E-state index contributed by atoms with van der Waals surface area (Å²) < 4.78 is 41.6. The van der Waals surface area contributed by atoms with E-state index in [0.29, 0.717) is 49.2 Å². The number of anilines is 1. The number of halogens is 3. The minimum atomic E-state index is -4.61. The number of nitrogens with one attached hydrogen (secondary N) is 1.